The van der Waals surface area contributed by atoms with E-state index in [1.54, 1.807) is 0 Å². The average Bonchev–Trinajstić information content (AvgIpc) is 3.11. The summed E-state index contributed by atoms with van der Waals surface area (Å²) in [6.07, 6.45) is -5.63. The largest absolute Gasteiger partial charge is 0.445 e. The summed E-state index contributed by atoms with van der Waals surface area (Å²) in [5.74, 6) is 4.20. The molecular formula is C14H8Cl2F3NO2. The van der Waals surface area contributed by atoms with E-state index in [0.29, 0.717) is 6.42 Å². The number of carbonyl (C=O) groups is 1. The van der Waals surface area contributed by atoms with Crippen molar-refractivity contribution < 1.29 is 22.7 Å². The van der Waals surface area contributed by atoms with Crippen molar-refractivity contribution in [2.45, 2.75) is 23.6 Å². The van der Waals surface area contributed by atoms with Crippen molar-refractivity contribution in [1.82, 2.24) is 0 Å². The highest BCUT2D eigenvalue weighted by Gasteiger charge is 2.62. The fourth-order valence-corrected chi connectivity index (χ4v) is 2.56. The van der Waals surface area contributed by atoms with Gasteiger partial charge in [0.2, 0.25) is 0 Å². The summed E-state index contributed by atoms with van der Waals surface area (Å²) in [6.45, 7) is 0. The van der Waals surface area contributed by atoms with Gasteiger partial charge in [-0.3, -0.25) is 5.32 Å². The third kappa shape index (κ3) is 2.49. The lowest BCUT2D eigenvalue weighted by Crippen LogP contribution is -2.49. The van der Waals surface area contributed by atoms with Gasteiger partial charge in [-0.05, 0) is 30.5 Å². The van der Waals surface area contributed by atoms with E-state index >= 15 is 0 Å². The second-order valence-corrected chi connectivity index (χ2v) is 6.01. The van der Waals surface area contributed by atoms with Crippen molar-refractivity contribution in [2.75, 3.05) is 5.32 Å². The molecule has 0 aromatic heterocycles. The maximum Gasteiger partial charge on any atom is 0.445 e. The zero-order valence-corrected chi connectivity index (χ0v) is 12.3. The molecule has 22 heavy (non-hydrogen) atoms. The van der Waals surface area contributed by atoms with Gasteiger partial charge in [0.1, 0.15) is 0 Å². The number of cyclic esters (lactones) is 1. The van der Waals surface area contributed by atoms with Gasteiger partial charge >= 0.3 is 12.3 Å². The molecule has 0 spiro atoms. The molecule has 1 aliphatic carbocycles. The molecule has 1 fully saturated rings. The van der Waals surface area contributed by atoms with Crippen molar-refractivity contribution in [3.05, 3.63) is 28.8 Å². The van der Waals surface area contributed by atoms with Crippen LogP contribution < -0.4 is 5.32 Å². The molecule has 1 aromatic carbocycles. The van der Waals surface area contributed by atoms with E-state index in [9.17, 15) is 18.0 Å². The van der Waals surface area contributed by atoms with E-state index in [1.807, 2.05) is 0 Å². The van der Waals surface area contributed by atoms with Gasteiger partial charge in [0.15, 0.2) is 0 Å². The minimum Gasteiger partial charge on any atom is -0.415 e. The number of fused-ring (bicyclic) bond motifs is 1. The summed E-state index contributed by atoms with van der Waals surface area (Å²) in [4.78, 5) is 11.5. The summed E-state index contributed by atoms with van der Waals surface area (Å²) in [7, 11) is 0. The first-order valence-corrected chi connectivity index (χ1v) is 7.08. The number of anilines is 1. The minimum absolute atomic E-state index is 0.0366. The Labute approximate surface area is 133 Å². The molecule has 116 valence electrons. The van der Waals surface area contributed by atoms with Crippen molar-refractivity contribution in [3.8, 4) is 11.8 Å². The summed E-state index contributed by atoms with van der Waals surface area (Å²) in [5.41, 5.74) is -3.42. The number of halogens is 5. The highest BCUT2D eigenvalue weighted by atomic mass is 35.5. The quantitative estimate of drug-likeness (QED) is 0.560. The molecule has 3 nitrogen and oxygen atoms in total. The monoisotopic (exact) mass is 349 g/mol. The molecule has 8 heteroatoms. The third-order valence-corrected chi connectivity index (χ3v) is 4.11. The van der Waals surface area contributed by atoms with Gasteiger partial charge in [0.25, 0.3) is 5.60 Å². The van der Waals surface area contributed by atoms with E-state index < -0.39 is 17.9 Å². The predicted octanol–water partition coefficient (Wildman–Crippen LogP) is 4.29. The van der Waals surface area contributed by atoms with Crippen LogP contribution in [0.1, 0.15) is 12.0 Å². The lowest BCUT2D eigenvalue weighted by molar-refractivity contribution is -0.239. The van der Waals surface area contributed by atoms with E-state index in [2.05, 4.69) is 21.9 Å². The molecule has 0 saturated heterocycles. The smallest absolute Gasteiger partial charge is 0.415 e. The van der Waals surface area contributed by atoms with Gasteiger partial charge in [0.05, 0.1) is 5.69 Å². The number of carbonyl (C=O) groups excluding carboxylic acids is 1. The number of hydrogen-bond donors (Lipinski definition) is 1. The molecule has 1 heterocycles. The van der Waals surface area contributed by atoms with Gasteiger partial charge in [-0.25, -0.2) is 4.79 Å². The lowest BCUT2D eigenvalue weighted by Gasteiger charge is -2.35. The van der Waals surface area contributed by atoms with E-state index in [0.717, 1.165) is 6.07 Å². The zero-order valence-electron chi connectivity index (χ0n) is 10.8. The normalized spacial score (nSPS) is 29.6. The van der Waals surface area contributed by atoms with E-state index in [4.69, 9.17) is 23.2 Å². The number of rotatable bonds is 0. The number of hydrogen-bond acceptors (Lipinski definition) is 2. The Kier molecular flexibility index (Phi) is 3.46. The maximum atomic E-state index is 13.7. The maximum absolute atomic E-state index is 13.7. The van der Waals surface area contributed by atoms with Crippen molar-refractivity contribution in [1.29, 1.82) is 0 Å². The molecule has 0 radical (unpaired) electrons. The Morgan fingerprint density at radius 2 is 2.09 bits per heavy atom. The molecule has 1 N–H and O–H groups in total. The van der Waals surface area contributed by atoms with Crippen LogP contribution >= 0.6 is 23.2 Å². The molecule has 1 aliphatic heterocycles. The van der Waals surface area contributed by atoms with E-state index in [1.165, 1.54) is 12.1 Å². The molecule has 2 unspecified atom stereocenters. The van der Waals surface area contributed by atoms with Gasteiger partial charge < -0.3 is 4.74 Å². The van der Waals surface area contributed by atoms with Crippen LogP contribution in [0.3, 0.4) is 0 Å². The SMILES string of the molecule is O=C1Nc2ccc(Cl)cc2[C@](C#CC2CC2Cl)(C(F)(F)F)O1. The van der Waals surface area contributed by atoms with Gasteiger partial charge in [-0.1, -0.05) is 17.5 Å². The third-order valence-electron chi connectivity index (χ3n) is 3.39. The highest BCUT2D eigenvalue weighted by molar-refractivity contribution is 6.30. The molecule has 1 saturated carbocycles. The van der Waals surface area contributed by atoms with Gasteiger partial charge in [0, 0.05) is 21.9 Å². The van der Waals surface area contributed by atoms with Crippen LogP contribution in [-0.2, 0) is 10.3 Å². The topological polar surface area (TPSA) is 38.3 Å². The first-order chi connectivity index (χ1) is 10.2. The first-order valence-electron chi connectivity index (χ1n) is 6.26. The van der Waals surface area contributed by atoms with Crippen LogP contribution in [-0.4, -0.2) is 17.6 Å². The molecule has 0 bridgehead atoms. The summed E-state index contributed by atoms with van der Waals surface area (Å²) < 4.78 is 45.6. The summed E-state index contributed by atoms with van der Waals surface area (Å²) in [6, 6.07) is 3.74. The van der Waals surface area contributed by atoms with Gasteiger partial charge in [-0.2, -0.15) is 13.2 Å². The van der Waals surface area contributed by atoms with Crippen LogP contribution in [0.5, 0.6) is 0 Å². The first kappa shape index (κ1) is 15.3. The van der Waals surface area contributed by atoms with Gasteiger partial charge in [-0.15, -0.1) is 11.6 Å². The number of nitrogens with one attached hydrogen (secondary N) is 1. The molecular weight excluding hydrogens is 342 g/mol. The standard InChI is InChI=1S/C14H8Cl2F3NO2/c15-8-1-2-11-9(6-8)13(14(17,18)19,22-12(21)20-11)4-3-7-5-10(7)16/h1-2,6-7,10H,5H2,(H,20,21)/t7?,10?,13-/m1/s1. The number of alkyl halides is 4. The Hall–Kier alpha value is -1.58. The molecule has 3 atom stereocenters. The van der Waals surface area contributed by atoms with E-state index in [-0.39, 0.29) is 27.6 Å². The number of ether oxygens (including phenoxy) is 1. The van der Waals surface area contributed by atoms with Crippen LogP contribution in [0.4, 0.5) is 23.7 Å². The molecule has 1 amide bonds. The number of amides is 1. The molecule has 1 aromatic rings. The Bertz CT molecular complexity index is 710. The Morgan fingerprint density at radius 3 is 2.68 bits per heavy atom. The average molecular weight is 350 g/mol. The fourth-order valence-electron chi connectivity index (χ4n) is 2.13. The summed E-state index contributed by atoms with van der Waals surface area (Å²) >= 11 is 11.5. The van der Waals surface area contributed by atoms with Crippen molar-refractivity contribution >= 4 is 35.0 Å². The number of benzene rings is 1. The predicted molar refractivity (Wildman–Crippen MR) is 74.8 cm³/mol. The van der Waals surface area contributed by atoms with Crippen molar-refractivity contribution in [3.63, 3.8) is 0 Å². The Morgan fingerprint density at radius 1 is 1.41 bits per heavy atom. The van der Waals surface area contributed by atoms with Crippen LogP contribution in [0.25, 0.3) is 0 Å². The minimum atomic E-state index is -4.92. The van der Waals surface area contributed by atoms with Crippen LogP contribution in [0.2, 0.25) is 5.02 Å². The summed E-state index contributed by atoms with van der Waals surface area (Å²) in [5, 5.41) is 2.02. The van der Waals surface area contributed by atoms with Crippen molar-refractivity contribution in [2.24, 2.45) is 5.92 Å². The fraction of sp³-hybridized carbons (Fsp3) is 0.357. The zero-order chi connectivity index (χ0) is 16.1. The lowest BCUT2D eigenvalue weighted by atomic mass is 9.90. The highest BCUT2D eigenvalue weighted by Crippen LogP contribution is 2.48. The van der Waals surface area contributed by atoms with Crippen LogP contribution in [0.15, 0.2) is 18.2 Å². The molecule has 2 aliphatic rings. The second-order valence-electron chi connectivity index (χ2n) is 5.01. The molecule has 3 rings (SSSR count). The second kappa shape index (κ2) is 4.97. The van der Waals surface area contributed by atoms with Crippen LogP contribution in [0, 0.1) is 17.8 Å². The Balaban J connectivity index is 2.18.